The van der Waals surface area contributed by atoms with Gasteiger partial charge in [-0.1, -0.05) is 30.7 Å². The summed E-state index contributed by atoms with van der Waals surface area (Å²) in [6, 6.07) is 7.23. The molecule has 0 N–H and O–H groups in total. The summed E-state index contributed by atoms with van der Waals surface area (Å²) in [4.78, 5) is 11.0. The van der Waals surface area contributed by atoms with Crippen LogP contribution in [0.15, 0.2) is 24.3 Å². The third-order valence-corrected chi connectivity index (χ3v) is 2.43. The number of carbonyl (C=O) groups is 1. The molecule has 0 amide bonds. The van der Waals surface area contributed by atoms with Crippen molar-refractivity contribution in [2.24, 2.45) is 0 Å². The lowest BCUT2D eigenvalue weighted by Gasteiger charge is -2.09. The highest BCUT2D eigenvalue weighted by Gasteiger charge is 2.15. The van der Waals surface area contributed by atoms with Gasteiger partial charge in [0, 0.05) is 5.02 Å². The van der Waals surface area contributed by atoms with Crippen molar-refractivity contribution in [1.82, 2.24) is 0 Å². The normalized spacial score (nSPS) is 12.5. The molecule has 1 aromatic rings. The van der Waals surface area contributed by atoms with Crippen LogP contribution in [-0.2, 0) is 4.79 Å². The standard InChI is InChI=1S/C10H10Cl2O/c1-2-9(10(12)13)7-4-3-5-8(11)6-7/h3-6,9H,2H2,1H3. The van der Waals surface area contributed by atoms with Crippen molar-refractivity contribution in [3.05, 3.63) is 34.9 Å². The van der Waals surface area contributed by atoms with E-state index < -0.39 is 0 Å². The fourth-order valence-electron chi connectivity index (χ4n) is 1.25. The molecule has 1 unspecified atom stereocenters. The van der Waals surface area contributed by atoms with Crippen molar-refractivity contribution >= 4 is 28.4 Å². The maximum absolute atomic E-state index is 11.0. The highest BCUT2D eigenvalue weighted by Crippen LogP contribution is 2.24. The Balaban J connectivity index is 2.98. The van der Waals surface area contributed by atoms with Crippen molar-refractivity contribution < 1.29 is 4.79 Å². The van der Waals surface area contributed by atoms with E-state index in [0.717, 1.165) is 5.56 Å². The Morgan fingerprint density at radius 3 is 2.69 bits per heavy atom. The van der Waals surface area contributed by atoms with Crippen molar-refractivity contribution in [3.8, 4) is 0 Å². The van der Waals surface area contributed by atoms with Gasteiger partial charge in [-0.15, -0.1) is 0 Å². The van der Waals surface area contributed by atoms with E-state index in [1.165, 1.54) is 0 Å². The van der Waals surface area contributed by atoms with Gasteiger partial charge in [0.05, 0.1) is 5.92 Å². The molecular formula is C10H10Cl2O. The molecule has 0 heterocycles. The number of halogens is 2. The molecule has 0 spiro atoms. The Hall–Kier alpha value is -0.530. The quantitative estimate of drug-likeness (QED) is 0.707. The molecule has 0 radical (unpaired) electrons. The molecule has 1 aromatic carbocycles. The molecule has 0 aromatic heterocycles. The van der Waals surface area contributed by atoms with Gasteiger partial charge in [-0.3, -0.25) is 4.79 Å². The summed E-state index contributed by atoms with van der Waals surface area (Å²) >= 11 is 11.2. The maximum atomic E-state index is 11.0. The Morgan fingerprint density at radius 1 is 1.54 bits per heavy atom. The molecule has 0 aliphatic carbocycles. The average molecular weight is 217 g/mol. The van der Waals surface area contributed by atoms with Gasteiger partial charge >= 0.3 is 0 Å². The van der Waals surface area contributed by atoms with Crippen LogP contribution in [0.1, 0.15) is 24.8 Å². The first-order valence-corrected chi connectivity index (χ1v) is 4.85. The van der Waals surface area contributed by atoms with E-state index in [2.05, 4.69) is 0 Å². The van der Waals surface area contributed by atoms with E-state index in [-0.39, 0.29) is 11.2 Å². The highest BCUT2D eigenvalue weighted by molar-refractivity contribution is 6.64. The summed E-state index contributed by atoms with van der Waals surface area (Å²) in [5.74, 6) is -0.236. The smallest absolute Gasteiger partial charge is 0.229 e. The molecule has 1 nitrogen and oxygen atoms in total. The van der Waals surface area contributed by atoms with Crippen molar-refractivity contribution in [2.75, 3.05) is 0 Å². The van der Waals surface area contributed by atoms with Crippen LogP contribution >= 0.6 is 23.2 Å². The molecule has 0 bridgehead atoms. The fraction of sp³-hybridized carbons (Fsp3) is 0.300. The molecular weight excluding hydrogens is 207 g/mol. The van der Waals surface area contributed by atoms with Crippen molar-refractivity contribution in [3.63, 3.8) is 0 Å². The zero-order valence-corrected chi connectivity index (χ0v) is 8.77. The first-order chi connectivity index (χ1) is 6.15. The number of rotatable bonds is 3. The zero-order chi connectivity index (χ0) is 9.84. The van der Waals surface area contributed by atoms with Crippen LogP contribution in [0.5, 0.6) is 0 Å². The van der Waals surface area contributed by atoms with Gasteiger partial charge in [-0.05, 0) is 35.7 Å². The lowest BCUT2D eigenvalue weighted by molar-refractivity contribution is -0.113. The second kappa shape index (κ2) is 4.64. The summed E-state index contributed by atoms with van der Waals surface area (Å²) in [5.41, 5.74) is 0.884. The zero-order valence-electron chi connectivity index (χ0n) is 7.26. The van der Waals surface area contributed by atoms with Gasteiger partial charge in [-0.25, -0.2) is 0 Å². The molecule has 0 fully saturated rings. The predicted octanol–water partition coefficient (Wildman–Crippen LogP) is 3.60. The van der Waals surface area contributed by atoms with Gasteiger partial charge in [0.2, 0.25) is 5.24 Å². The van der Waals surface area contributed by atoms with Gasteiger partial charge in [0.25, 0.3) is 0 Å². The first kappa shape index (κ1) is 10.6. The van der Waals surface area contributed by atoms with Crippen LogP contribution in [0.25, 0.3) is 0 Å². The second-order valence-corrected chi connectivity index (χ2v) is 3.63. The number of carbonyl (C=O) groups excluding carboxylic acids is 1. The lowest BCUT2D eigenvalue weighted by atomic mass is 9.98. The van der Waals surface area contributed by atoms with Crippen LogP contribution < -0.4 is 0 Å². The Morgan fingerprint density at radius 2 is 2.23 bits per heavy atom. The van der Waals surface area contributed by atoms with E-state index in [4.69, 9.17) is 23.2 Å². The predicted molar refractivity (Wildman–Crippen MR) is 55.3 cm³/mol. The van der Waals surface area contributed by atoms with Crippen molar-refractivity contribution in [1.29, 1.82) is 0 Å². The SMILES string of the molecule is CCC(C(=O)Cl)c1cccc(Cl)c1. The molecule has 1 rings (SSSR count). The summed E-state index contributed by atoms with van der Waals surface area (Å²) in [6.45, 7) is 1.92. The summed E-state index contributed by atoms with van der Waals surface area (Å²) in [6.07, 6.45) is 0.697. The molecule has 70 valence electrons. The number of hydrogen-bond acceptors (Lipinski definition) is 1. The fourth-order valence-corrected chi connectivity index (χ4v) is 1.73. The van der Waals surface area contributed by atoms with E-state index in [0.29, 0.717) is 11.4 Å². The van der Waals surface area contributed by atoms with Crippen LogP contribution in [0.4, 0.5) is 0 Å². The lowest BCUT2D eigenvalue weighted by Crippen LogP contribution is -2.04. The van der Waals surface area contributed by atoms with Crippen molar-refractivity contribution in [2.45, 2.75) is 19.3 Å². The van der Waals surface area contributed by atoms with Gasteiger partial charge in [0.15, 0.2) is 0 Å². The Labute approximate surface area is 87.7 Å². The monoisotopic (exact) mass is 216 g/mol. The van der Waals surface area contributed by atoms with Crippen LogP contribution in [0.2, 0.25) is 5.02 Å². The minimum Gasteiger partial charge on any atom is -0.281 e. The molecule has 0 aliphatic rings. The van der Waals surface area contributed by atoms with Crippen LogP contribution in [0.3, 0.4) is 0 Å². The topological polar surface area (TPSA) is 17.1 Å². The van der Waals surface area contributed by atoms with Gasteiger partial charge < -0.3 is 0 Å². The van der Waals surface area contributed by atoms with E-state index in [1.807, 2.05) is 19.1 Å². The largest absolute Gasteiger partial charge is 0.281 e. The third kappa shape index (κ3) is 2.71. The van der Waals surface area contributed by atoms with Crippen LogP contribution in [-0.4, -0.2) is 5.24 Å². The Bertz CT molecular complexity index is 310. The van der Waals surface area contributed by atoms with Crippen LogP contribution in [0, 0.1) is 0 Å². The minimum absolute atomic E-state index is 0.236. The number of hydrogen-bond donors (Lipinski definition) is 0. The maximum Gasteiger partial charge on any atom is 0.229 e. The third-order valence-electron chi connectivity index (χ3n) is 1.93. The summed E-state index contributed by atoms with van der Waals surface area (Å²) < 4.78 is 0. The van der Waals surface area contributed by atoms with E-state index in [9.17, 15) is 4.79 Å². The molecule has 0 aliphatic heterocycles. The van der Waals surface area contributed by atoms with E-state index in [1.54, 1.807) is 12.1 Å². The minimum atomic E-state index is -0.329. The van der Waals surface area contributed by atoms with Gasteiger partial charge in [0.1, 0.15) is 0 Å². The van der Waals surface area contributed by atoms with E-state index >= 15 is 0 Å². The Kier molecular flexibility index (Phi) is 3.76. The molecule has 0 saturated heterocycles. The van der Waals surface area contributed by atoms with Gasteiger partial charge in [-0.2, -0.15) is 0 Å². The number of benzene rings is 1. The average Bonchev–Trinajstić information content (AvgIpc) is 2.04. The molecule has 13 heavy (non-hydrogen) atoms. The summed E-state index contributed by atoms with van der Waals surface area (Å²) in [7, 11) is 0. The molecule has 0 saturated carbocycles. The first-order valence-electron chi connectivity index (χ1n) is 4.10. The highest BCUT2D eigenvalue weighted by atomic mass is 35.5. The molecule has 3 heteroatoms. The molecule has 1 atom stereocenters. The summed E-state index contributed by atoms with van der Waals surface area (Å²) in [5, 5.41) is 0.304. The second-order valence-electron chi connectivity index (χ2n) is 2.82.